The van der Waals surface area contributed by atoms with Gasteiger partial charge in [0, 0.05) is 18.2 Å². The van der Waals surface area contributed by atoms with E-state index in [1.807, 2.05) is 6.08 Å². The highest BCUT2D eigenvalue weighted by atomic mass is 35.5. The van der Waals surface area contributed by atoms with Crippen LogP contribution in [0.25, 0.3) is 6.08 Å². The number of anilines is 1. The summed E-state index contributed by atoms with van der Waals surface area (Å²) in [5.74, 6) is 0. The topological polar surface area (TPSA) is 7.68 Å². The molecule has 0 aliphatic carbocycles. The Morgan fingerprint density at radius 2 is 1.54 bits per heavy atom. The molecule has 3 aromatic rings. The number of para-hydroxylation sites is 2. The molecule has 4 rings (SSSR count). The summed E-state index contributed by atoms with van der Waals surface area (Å²) < 4.78 is 0. The van der Waals surface area contributed by atoms with Gasteiger partial charge in [0.05, 0.1) is 0 Å². The molecule has 1 unspecified atom stereocenters. The molecule has 1 N–H and O–H groups in total. The summed E-state index contributed by atoms with van der Waals surface area (Å²) in [4.78, 5) is 3.98. The average Bonchev–Trinajstić information content (AvgIpc) is 3.01. The lowest BCUT2D eigenvalue weighted by molar-refractivity contribution is -0.840. The number of rotatable bonds is 5. The van der Waals surface area contributed by atoms with E-state index in [0.29, 0.717) is 0 Å². The molecule has 26 heavy (non-hydrogen) atoms. The zero-order chi connectivity index (χ0) is 17.1. The van der Waals surface area contributed by atoms with E-state index in [2.05, 4.69) is 90.3 Å². The highest BCUT2D eigenvalue weighted by molar-refractivity contribution is 5.65. The Bertz CT molecular complexity index is 859. The van der Waals surface area contributed by atoms with Crippen molar-refractivity contribution in [3.63, 3.8) is 0 Å². The molecule has 1 aliphatic heterocycles. The monoisotopic (exact) mass is 362 g/mol. The minimum absolute atomic E-state index is 0. The number of halogens is 1. The molecular formula is C23H23ClN2. The maximum Gasteiger partial charge on any atom is 0.158 e. The smallest absolute Gasteiger partial charge is 0.158 e. The van der Waals surface area contributed by atoms with Gasteiger partial charge in [0.15, 0.2) is 12.4 Å². The van der Waals surface area contributed by atoms with E-state index in [-0.39, 0.29) is 12.4 Å². The van der Waals surface area contributed by atoms with E-state index in [9.17, 15) is 0 Å². The fraction of sp³-hybridized carbons (Fsp3) is 0.130. The van der Waals surface area contributed by atoms with Crippen LogP contribution >= 0.6 is 0 Å². The standard InChI is InChI=1S/C23H22N2.ClH/c1-2-19-12-14-21(15-13-19)17-25-18-24(16-20-8-4-3-5-9-20)22-10-6-7-11-23(22)25;/h2-15H,1,16-18H2;1H. The quantitative estimate of drug-likeness (QED) is 0.712. The summed E-state index contributed by atoms with van der Waals surface area (Å²) >= 11 is 0. The van der Waals surface area contributed by atoms with Gasteiger partial charge in [0.1, 0.15) is 12.2 Å². The SMILES string of the molecule is C=Cc1ccc(C[NH+]2CN(Cc3ccccc3)c3ccccc32)cc1.[Cl-]. The Labute approximate surface area is 161 Å². The molecule has 0 fully saturated rings. The van der Waals surface area contributed by atoms with Crippen LogP contribution in [0.1, 0.15) is 16.7 Å². The minimum atomic E-state index is 0. The first-order valence-corrected chi connectivity index (χ1v) is 8.78. The molecule has 1 atom stereocenters. The second-order valence-electron chi connectivity index (χ2n) is 6.58. The summed E-state index contributed by atoms with van der Waals surface area (Å²) in [5.41, 5.74) is 6.63. The maximum absolute atomic E-state index is 3.83. The van der Waals surface area contributed by atoms with Gasteiger partial charge in [0.2, 0.25) is 0 Å². The molecule has 0 saturated heterocycles. The first kappa shape index (κ1) is 18.2. The summed E-state index contributed by atoms with van der Waals surface area (Å²) in [6, 6.07) is 28.2. The van der Waals surface area contributed by atoms with E-state index in [1.165, 1.54) is 33.0 Å². The number of benzene rings is 3. The number of quaternary nitrogens is 1. The van der Waals surface area contributed by atoms with Crippen LogP contribution in [-0.2, 0) is 13.1 Å². The first-order chi connectivity index (χ1) is 12.3. The van der Waals surface area contributed by atoms with Gasteiger partial charge >= 0.3 is 0 Å². The molecule has 132 valence electrons. The van der Waals surface area contributed by atoms with Crippen molar-refractivity contribution >= 4 is 17.5 Å². The first-order valence-electron chi connectivity index (χ1n) is 8.78. The van der Waals surface area contributed by atoms with Gasteiger partial charge in [-0.2, -0.15) is 0 Å². The molecular weight excluding hydrogens is 340 g/mol. The van der Waals surface area contributed by atoms with E-state index < -0.39 is 0 Å². The van der Waals surface area contributed by atoms with Crippen LogP contribution in [0.4, 0.5) is 11.4 Å². The Kier molecular flexibility index (Phi) is 5.77. The third-order valence-electron chi connectivity index (χ3n) is 4.86. The summed E-state index contributed by atoms with van der Waals surface area (Å²) in [6.07, 6.45) is 1.89. The predicted octanol–water partition coefficient (Wildman–Crippen LogP) is 1.03. The molecule has 3 aromatic carbocycles. The number of hydrogen-bond donors (Lipinski definition) is 1. The molecule has 0 aromatic heterocycles. The fourth-order valence-corrected chi connectivity index (χ4v) is 3.56. The zero-order valence-corrected chi connectivity index (χ0v) is 15.5. The van der Waals surface area contributed by atoms with Crippen LogP contribution in [-0.4, -0.2) is 6.67 Å². The van der Waals surface area contributed by atoms with Gasteiger partial charge in [-0.1, -0.05) is 79.4 Å². The van der Waals surface area contributed by atoms with Crippen molar-refractivity contribution in [3.05, 3.63) is 102 Å². The Morgan fingerprint density at radius 3 is 2.27 bits per heavy atom. The molecule has 1 heterocycles. The third-order valence-corrected chi connectivity index (χ3v) is 4.86. The van der Waals surface area contributed by atoms with Gasteiger partial charge in [-0.15, -0.1) is 0 Å². The maximum atomic E-state index is 3.83. The van der Waals surface area contributed by atoms with Crippen LogP contribution in [0.2, 0.25) is 0 Å². The summed E-state index contributed by atoms with van der Waals surface area (Å²) in [7, 11) is 0. The van der Waals surface area contributed by atoms with Crippen molar-refractivity contribution < 1.29 is 17.3 Å². The predicted molar refractivity (Wildman–Crippen MR) is 105 cm³/mol. The largest absolute Gasteiger partial charge is 1.00 e. The molecule has 0 bridgehead atoms. The molecule has 2 nitrogen and oxygen atoms in total. The second-order valence-corrected chi connectivity index (χ2v) is 6.58. The Hall–Kier alpha value is -2.55. The van der Waals surface area contributed by atoms with Gasteiger partial charge in [0.25, 0.3) is 0 Å². The molecule has 0 amide bonds. The van der Waals surface area contributed by atoms with Crippen LogP contribution in [0.3, 0.4) is 0 Å². The van der Waals surface area contributed by atoms with Crippen LogP contribution in [0.15, 0.2) is 85.4 Å². The van der Waals surface area contributed by atoms with Crippen LogP contribution in [0.5, 0.6) is 0 Å². The van der Waals surface area contributed by atoms with Crippen molar-refractivity contribution in [2.24, 2.45) is 0 Å². The van der Waals surface area contributed by atoms with Crippen molar-refractivity contribution in [1.82, 2.24) is 0 Å². The van der Waals surface area contributed by atoms with Crippen molar-refractivity contribution in [3.8, 4) is 0 Å². The van der Waals surface area contributed by atoms with Gasteiger partial charge in [-0.3, -0.25) is 4.90 Å². The zero-order valence-electron chi connectivity index (χ0n) is 14.7. The highest BCUT2D eigenvalue weighted by Crippen LogP contribution is 2.27. The van der Waals surface area contributed by atoms with Crippen molar-refractivity contribution in [2.75, 3.05) is 11.6 Å². The lowest BCUT2D eigenvalue weighted by Gasteiger charge is -2.18. The Balaban J connectivity index is 0.00000196. The fourth-order valence-electron chi connectivity index (χ4n) is 3.56. The number of nitrogens with zero attached hydrogens (tertiary/aromatic N) is 1. The molecule has 0 radical (unpaired) electrons. The van der Waals surface area contributed by atoms with E-state index in [1.54, 1.807) is 0 Å². The number of hydrogen-bond acceptors (Lipinski definition) is 1. The van der Waals surface area contributed by atoms with E-state index in [0.717, 1.165) is 19.8 Å². The third kappa shape index (κ3) is 3.82. The average molecular weight is 363 g/mol. The Morgan fingerprint density at radius 1 is 0.846 bits per heavy atom. The molecule has 1 aliphatic rings. The highest BCUT2D eigenvalue weighted by Gasteiger charge is 2.30. The normalized spacial score (nSPS) is 15.2. The van der Waals surface area contributed by atoms with E-state index in [4.69, 9.17) is 0 Å². The van der Waals surface area contributed by atoms with Crippen molar-refractivity contribution in [1.29, 1.82) is 0 Å². The molecule has 0 saturated carbocycles. The molecule has 0 spiro atoms. The van der Waals surface area contributed by atoms with Crippen LogP contribution < -0.4 is 22.2 Å². The lowest BCUT2D eigenvalue weighted by Crippen LogP contribution is -3.05. The van der Waals surface area contributed by atoms with Gasteiger partial charge in [-0.05, 0) is 17.2 Å². The van der Waals surface area contributed by atoms with Gasteiger partial charge < -0.3 is 17.3 Å². The van der Waals surface area contributed by atoms with Crippen LogP contribution in [0, 0.1) is 0 Å². The van der Waals surface area contributed by atoms with Crippen molar-refractivity contribution in [2.45, 2.75) is 13.1 Å². The van der Waals surface area contributed by atoms with E-state index >= 15 is 0 Å². The summed E-state index contributed by atoms with van der Waals surface area (Å²) in [6.45, 7) is 6.78. The minimum Gasteiger partial charge on any atom is -1.00 e. The van der Waals surface area contributed by atoms with Gasteiger partial charge in [-0.25, -0.2) is 0 Å². The molecule has 3 heteroatoms. The number of fused-ring (bicyclic) bond motifs is 1. The number of nitrogens with one attached hydrogen (secondary N) is 1. The summed E-state index contributed by atoms with van der Waals surface area (Å²) in [5, 5.41) is 0. The second kappa shape index (κ2) is 8.22. The lowest BCUT2D eigenvalue weighted by atomic mass is 10.1.